The Labute approximate surface area is 203 Å². The first kappa shape index (κ1) is 20.9. The summed E-state index contributed by atoms with van der Waals surface area (Å²) >= 11 is 6.10. The molecule has 4 heterocycles. The number of nitrogens with zero attached hydrogens (tertiary/aromatic N) is 8. The number of hydrogen-bond donors (Lipinski definition) is 0. The zero-order valence-electron chi connectivity index (χ0n) is 18.2. The molecule has 0 radical (unpaired) electrons. The predicted molar refractivity (Wildman–Crippen MR) is 131 cm³/mol. The fourth-order valence-electron chi connectivity index (χ4n) is 3.98. The first-order chi connectivity index (χ1) is 17.2. The Hall–Kier alpha value is -4.63. The maximum absolute atomic E-state index is 13.2. The lowest BCUT2D eigenvalue weighted by Gasteiger charge is -2.10. The lowest BCUT2D eigenvalue weighted by molar-refractivity contribution is 0.650. The van der Waals surface area contributed by atoms with Crippen molar-refractivity contribution in [2.45, 2.75) is 6.54 Å². The smallest absolute Gasteiger partial charge is 0.265 e. The van der Waals surface area contributed by atoms with Crippen LogP contribution in [0.3, 0.4) is 0 Å². The summed E-state index contributed by atoms with van der Waals surface area (Å²) in [5.74, 6) is 0. The second-order valence-electron chi connectivity index (χ2n) is 7.86. The number of fused-ring (bicyclic) bond motifs is 1. The minimum atomic E-state index is -0.321. The molecule has 10 heteroatoms. The summed E-state index contributed by atoms with van der Waals surface area (Å²) in [6, 6.07) is 19.0. The molecule has 6 aromatic rings. The summed E-state index contributed by atoms with van der Waals surface area (Å²) in [5, 5.41) is 13.9. The molecule has 0 fully saturated rings. The summed E-state index contributed by atoms with van der Waals surface area (Å²) in [6.07, 6.45) is 8.22. The third-order valence-electron chi connectivity index (χ3n) is 5.69. The molecule has 0 bridgehead atoms. The van der Waals surface area contributed by atoms with Crippen molar-refractivity contribution < 1.29 is 0 Å². The number of benzene rings is 2. The number of pyridine rings is 1. The molecule has 0 spiro atoms. The van der Waals surface area contributed by atoms with Gasteiger partial charge in [0.2, 0.25) is 0 Å². The van der Waals surface area contributed by atoms with Crippen LogP contribution in [0.15, 0.2) is 96.7 Å². The van der Waals surface area contributed by atoms with Crippen LogP contribution in [-0.2, 0) is 6.54 Å². The molecule has 0 amide bonds. The molecule has 0 aliphatic heterocycles. The van der Waals surface area contributed by atoms with E-state index < -0.39 is 0 Å². The van der Waals surface area contributed by atoms with Gasteiger partial charge in [0, 0.05) is 28.5 Å². The van der Waals surface area contributed by atoms with Crippen LogP contribution in [0.2, 0.25) is 5.02 Å². The van der Waals surface area contributed by atoms with Crippen LogP contribution in [0.25, 0.3) is 33.6 Å². The van der Waals surface area contributed by atoms with Gasteiger partial charge in [-0.1, -0.05) is 35.9 Å². The maximum atomic E-state index is 13.2. The lowest BCUT2D eigenvalue weighted by atomic mass is 9.98. The third-order valence-corrected chi connectivity index (χ3v) is 5.94. The highest BCUT2D eigenvalue weighted by Gasteiger charge is 2.19. The van der Waals surface area contributed by atoms with Crippen molar-refractivity contribution in [1.82, 2.24) is 39.1 Å². The Balaban J connectivity index is 1.46. The van der Waals surface area contributed by atoms with Crippen molar-refractivity contribution in [2.75, 3.05) is 0 Å². The van der Waals surface area contributed by atoms with E-state index in [4.69, 9.17) is 16.7 Å². The number of halogens is 1. The zero-order valence-corrected chi connectivity index (χ0v) is 19.0. The van der Waals surface area contributed by atoms with Crippen molar-refractivity contribution >= 4 is 17.2 Å². The average Bonchev–Trinajstić information content (AvgIpc) is 3.54. The lowest BCUT2D eigenvalue weighted by Crippen LogP contribution is -2.23. The Morgan fingerprint density at radius 2 is 1.60 bits per heavy atom. The molecule has 2 aromatic carbocycles. The highest BCUT2D eigenvalue weighted by molar-refractivity contribution is 6.30. The average molecular weight is 481 g/mol. The van der Waals surface area contributed by atoms with Crippen LogP contribution in [0.1, 0.15) is 5.56 Å². The molecule has 0 saturated carbocycles. The topological polar surface area (TPSA) is 95.8 Å². The molecular formula is C25H17ClN8O. The van der Waals surface area contributed by atoms with Crippen molar-refractivity contribution in [3.05, 3.63) is 113 Å². The van der Waals surface area contributed by atoms with Gasteiger partial charge in [-0.3, -0.25) is 4.98 Å². The predicted octanol–water partition coefficient (Wildman–Crippen LogP) is 3.90. The van der Waals surface area contributed by atoms with Crippen molar-refractivity contribution in [1.29, 1.82) is 0 Å². The van der Waals surface area contributed by atoms with Crippen LogP contribution in [0.5, 0.6) is 0 Å². The van der Waals surface area contributed by atoms with E-state index in [-0.39, 0.29) is 5.69 Å². The largest absolute Gasteiger partial charge is 0.367 e. The second-order valence-corrected chi connectivity index (χ2v) is 8.29. The quantitative estimate of drug-likeness (QED) is 0.371. The fraction of sp³-hybridized carbons (Fsp3) is 0.0400. The summed E-state index contributed by atoms with van der Waals surface area (Å²) in [4.78, 5) is 21.3. The molecule has 0 aliphatic rings. The van der Waals surface area contributed by atoms with Gasteiger partial charge < -0.3 is 0 Å². The van der Waals surface area contributed by atoms with Gasteiger partial charge in [0.15, 0.2) is 5.65 Å². The molecule has 0 saturated heterocycles. The molecule has 0 atom stereocenters. The minimum Gasteiger partial charge on any atom is -0.265 e. The SMILES string of the molecule is O=c1n(Cc2ccc(-n3cncn3)cc2)nc2c(-c3ccncc3)c(-c3ccc(Cl)cc3)cnn12. The van der Waals surface area contributed by atoms with E-state index in [0.717, 1.165) is 33.5 Å². The molecule has 9 nitrogen and oxygen atoms in total. The maximum Gasteiger partial charge on any atom is 0.367 e. The van der Waals surface area contributed by atoms with E-state index in [2.05, 4.69) is 20.2 Å². The fourth-order valence-corrected chi connectivity index (χ4v) is 4.11. The highest BCUT2D eigenvalue weighted by Crippen LogP contribution is 2.34. The number of aromatic nitrogens is 8. The van der Waals surface area contributed by atoms with Gasteiger partial charge in [-0.15, -0.1) is 5.10 Å². The summed E-state index contributed by atoms with van der Waals surface area (Å²) in [5.41, 5.74) is 5.38. The molecule has 4 aromatic heterocycles. The molecule has 170 valence electrons. The van der Waals surface area contributed by atoms with E-state index >= 15 is 0 Å². The van der Waals surface area contributed by atoms with Gasteiger partial charge >= 0.3 is 5.69 Å². The first-order valence-corrected chi connectivity index (χ1v) is 11.1. The van der Waals surface area contributed by atoms with Gasteiger partial charge in [-0.05, 0) is 53.1 Å². The summed E-state index contributed by atoms with van der Waals surface area (Å²) < 4.78 is 4.42. The van der Waals surface area contributed by atoms with Gasteiger partial charge in [0.25, 0.3) is 0 Å². The monoisotopic (exact) mass is 480 g/mol. The van der Waals surface area contributed by atoms with Crippen molar-refractivity contribution in [3.8, 4) is 27.9 Å². The van der Waals surface area contributed by atoms with E-state index in [0.29, 0.717) is 17.2 Å². The van der Waals surface area contributed by atoms with Crippen molar-refractivity contribution in [2.24, 2.45) is 0 Å². The third kappa shape index (κ3) is 3.87. The molecule has 6 rings (SSSR count). The van der Waals surface area contributed by atoms with Crippen LogP contribution < -0.4 is 5.69 Å². The van der Waals surface area contributed by atoms with Gasteiger partial charge in [-0.25, -0.2) is 19.1 Å². The molecule has 35 heavy (non-hydrogen) atoms. The van der Waals surface area contributed by atoms with Crippen LogP contribution in [0, 0.1) is 0 Å². The Kier molecular flexibility index (Phi) is 5.16. The Morgan fingerprint density at radius 1 is 0.829 bits per heavy atom. The highest BCUT2D eigenvalue weighted by atomic mass is 35.5. The molecule has 0 unspecified atom stereocenters. The van der Waals surface area contributed by atoms with Crippen molar-refractivity contribution in [3.63, 3.8) is 0 Å². The zero-order chi connectivity index (χ0) is 23.8. The van der Waals surface area contributed by atoms with E-state index in [1.54, 1.807) is 29.6 Å². The first-order valence-electron chi connectivity index (χ1n) is 10.8. The summed E-state index contributed by atoms with van der Waals surface area (Å²) in [6.45, 7) is 0.298. The Bertz CT molecular complexity index is 1670. The summed E-state index contributed by atoms with van der Waals surface area (Å²) in [7, 11) is 0. The van der Waals surface area contributed by atoms with E-state index in [1.165, 1.54) is 15.5 Å². The minimum absolute atomic E-state index is 0.298. The standard InChI is InChI=1S/C25H17ClN8O/c26-20-5-3-18(4-6-20)22-13-29-34-24(23(22)19-9-11-27-12-10-19)31-32(25(34)35)14-17-1-7-21(8-2-17)33-16-28-15-30-33/h1-13,15-16H,14H2. The van der Waals surface area contributed by atoms with Crippen LogP contribution >= 0.6 is 11.6 Å². The normalized spacial score (nSPS) is 11.2. The van der Waals surface area contributed by atoms with Gasteiger partial charge in [-0.2, -0.15) is 14.7 Å². The number of hydrogen-bond acceptors (Lipinski definition) is 6. The molecule has 0 N–H and O–H groups in total. The van der Waals surface area contributed by atoms with E-state index in [1.807, 2.05) is 60.7 Å². The second kappa shape index (κ2) is 8.62. The van der Waals surface area contributed by atoms with Gasteiger partial charge in [0.05, 0.1) is 18.4 Å². The number of rotatable bonds is 5. The van der Waals surface area contributed by atoms with Crippen LogP contribution in [-0.4, -0.2) is 39.1 Å². The van der Waals surface area contributed by atoms with E-state index in [9.17, 15) is 4.79 Å². The molecule has 0 aliphatic carbocycles. The van der Waals surface area contributed by atoms with Crippen LogP contribution in [0.4, 0.5) is 0 Å². The van der Waals surface area contributed by atoms with Gasteiger partial charge in [0.1, 0.15) is 12.7 Å². The Morgan fingerprint density at radius 3 is 2.31 bits per heavy atom. The molecular weight excluding hydrogens is 464 g/mol.